The second-order valence-electron chi connectivity index (χ2n) is 5.71. The Hall–Kier alpha value is -2.70. The van der Waals surface area contributed by atoms with Gasteiger partial charge in [0.2, 0.25) is 0 Å². The van der Waals surface area contributed by atoms with E-state index in [1.807, 2.05) is 65.4 Å². The van der Waals surface area contributed by atoms with Gasteiger partial charge in [0.1, 0.15) is 0 Å². The lowest BCUT2D eigenvalue weighted by Crippen LogP contribution is -2.30. The zero-order valence-electron chi connectivity index (χ0n) is 14.6. The van der Waals surface area contributed by atoms with Crippen molar-refractivity contribution >= 4 is 46.2 Å². The van der Waals surface area contributed by atoms with Gasteiger partial charge >= 0.3 is 5.97 Å². The van der Waals surface area contributed by atoms with E-state index in [1.54, 1.807) is 17.4 Å². The summed E-state index contributed by atoms with van der Waals surface area (Å²) < 4.78 is 5.23. The van der Waals surface area contributed by atoms with Crippen LogP contribution in [-0.2, 0) is 20.7 Å². The predicted molar refractivity (Wildman–Crippen MR) is 111 cm³/mol. The number of nitrogens with one attached hydrogen (secondary N) is 1. The minimum atomic E-state index is -0.496. The highest BCUT2D eigenvalue weighted by atomic mass is 32.1. The summed E-state index contributed by atoms with van der Waals surface area (Å²) in [6.45, 7) is 0.212. The number of benzene rings is 1. The number of thiophene rings is 2. The standard InChI is InChI=1S/C21H19NO3S2/c23-20(22-11-10-16-6-2-1-3-7-16)15-25-21(24)18(19-9-5-13-27-19)14-17-8-4-12-26-17/h1-9,12-14H,10-11,15H2,(H,22,23)/b18-14+. The summed E-state index contributed by atoms with van der Waals surface area (Å²) >= 11 is 3.00. The first-order chi connectivity index (χ1) is 13.2. The van der Waals surface area contributed by atoms with Crippen LogP contribution in [0.3, 0.4) is 0 Å². The molecule has 0 aliphatic carbocycles. The minimum absolute atomic E-state index is 0.291. The molecular weight excluding hydrogens is 378 g/mol. The highest BCUT2D eigenvalue weighted by Crippen LogP contribution is 2.25. The molecule has 0 aliphatic rings. The highest BCUT2D eigenvalue weighted by molar-refractivity contribution is 7.12. The average Bonchev–Trinajstić information content (AvgIpc) is 3.39. The fraction of sp³-hybridized carbons (Fsp3) is 0.143. The summed E-state index contributed by atoms with van der Waals surface area (Å²) in [6.07, 6.45) is 2.53. The largest absolute Gasteiger partial charge is 0.452 e. The average molecular weight is 398 g/mol. The van der Waals surface area contributed by atoms with E-state index in [0.717, 1.165) is 21.7 Å². The number of carbonyl (C=O) groups is 2. The molecule has 1 aromatic carbocycles. The van der Waals surface area contributed by atoms with Crippen LogP contribution in [0, 0.1) is 0 Å². The van der Waals surface area contributed by atoms with Gasteiger partial charge in [0.15, 0.2) is 6.61 Å². The third kappa shape index (κ3) is 5.91. The van der Waals surface area contributed by atoms with Gasteiger partial charge in [-0.3, -0.25) is 4.79 Å². The molecule has 0 saturated heterocycles. The molecule has 0 spiro atoms. The molecular formula is C21H19NO3S2. The summed E-state index contributed by atoms with van der Waals surface area (Å²) in [5, 5.41) is 6.63. The van der Waals surface area contributed by atoms with Crippen LogP contribution in [0.2, 0.25) is 0 Å². The molecule has 3 aromatic rings. The lowest BCUT2D eigenvalue weighted by molar-refractivity contribution is -0.142. The van der Waals surface area contributed by atoms with Crippen LogP contribution in [0.5, 0.6) is 0 Å². The van der Waals surface area contributed by atoms with Crippen molar-refractivity contribution in [3.63, 3.8) is 0 Å². The van der Waals surface area contributed by atoms with Crippen LogP contribution in [0.4, 0.5) is 0 Å². The van der Waals surface area contributed by atoms with E-state index in [9.17, 15) is 9.59 Å². The van der Waals surface area contributed by atoms with E-state index in [4.69, 9.17) is 4.74 Å². The smallest absolute Gasteiger partial charge is 0.340 e. The Morgan fingerprint density at radius 3 is 2.44 bits per heavy atom. The zero-order chi connectivity index (χ0) is 18.9. The van der Waals surface area contributed by atoms with E-state index in [0.29, 0.717) is 12.1 Å². The van der Waals surface area contributed by atoms with Crippen LogP contribution < -0.4 is 5.32 Å². The van der Waals surface area contributed by atoms with Crippen LogP contribution in [0.25, 0.3) is 11.6 Å². The maximum absolute atomic E-state index is 12.5. The topological polar surface area (TPSA) is 55.4 Å². The van der Waals surface area contributed by atoms with Crippen LogP contribution in [0.1, 0.15) is 15.3 Å². The predicted octanol–water partition coefficient (Wildman–Crippen LogP) is 4.25. The number of ether oxygens (including phenoxy) is 1. The number of carbonyl (C=O) groups excluding carboxylic acids is 2. The lowest BCUT2D eigenvalue weighted by atomic mass is 10.1. The van der Waals surface area contributed by atoms with E-state index in [2.05, 4.69) is 5.32 Å². The fourth-order valence-electron chi connectivity index (χ4n) is 2.43. The first-order valence-corrected chi connectivity index (χ1v) is 10.2. The van der Waals surface area contributed by atoms with E-state index >= 15 is 0 Å². The van der Waals surface area contributed by atoms with Crippen molar-refractivity contribution in [1.29, 1.82) is 0 Å². The summed E-state index contributed by atoms with van der Waals surface area (Å²) in [6, 6.07) is 17.5. The molecule has 0 radical (unpaired) electrons. The highest BCUT2D eigenvalue weighted by Gasteiger charge is 2.16. The van der Waals surface area contributed by atoms with E-state index < -0.39 is 5.97 Å². The molecule has 2 heterocycles. The van der Waals surface area contributed by atoms with E-state index in [1.165, 1.54) is 11.3 Å². The number of hydrogen-bond acceptors (Lipinski definition) is 5. The molecule has 27 heavy (non-hydrogen) atoms. The Kier molecular flexibility index (Phi) is 6.96. The molecule has 1 amide bonds. The van der Waals surface area contributed by atoms with Gasteiger partial charge in [-0.15, -0.1) is 22.7 Å². The molecule has 0 saturated carbocycles. The second-order valence-corrected chi connectivity index (χ2v) is 7.64. The molecule has 138 valence electrons. The van der Waals surface area contributed by atoms with Crippen molar-refractivity contribution < 1.29 is 14.3 Å². The summed E-state index contributed by atoms with van der Waals surface area (Å²) in [5.74, 6) is -0.801. The van der Waals surface area contributed by atoms with E-state index in [-0.39, 0.29) is 12.5 Å². The minimum Gasteiger partial charge on any atom is -0.452 e. The van der Waals surface area contributed by atoms with Crippen molar-refractivity contribution in [2.75, 3.05) is 13.2 Å². The van der Waals surface area contributed by atoms with Crippen LogP contribution in [-0.4, -0.2) is 25.0 Å². The summed E-state index contributed by atoms with van der Waals surface area (Å²) in [4.78, 5) is 26.2. The van der Waals surface area contributed by atoms with Gasteiger partial charge in [0.05, 0.1) is 5.57 Å². The van der Waals surface area contributed by atoms with Crippen LogP contribution in [0.15, 0.2) is 65.4 Å². The maximum Gasteiger partial charge on any atom is 0.340 e. The Morgan fingerprint density at radius 1 is 0.963 bits per heavy atom. The zero-order valence-corrected chi connectivity index (χ0v) is 16.2. The van der Waals surface area contributed by atoms with Crippen molar-refractivity contribution in [3.8, 4) is 0 Å². The Bertz CT molecular complexity index is 885. The number of esters is 1. The molecule has 1 N–H and O–H groups in total. The Balaban J connectivity index is 1.52. The van der Waals surface area contributed by atoms with Gasteiger partial charge in [-0.05, 0) is 41.0 Å². The third-order valence-electron chi connectivity index (χ3n) is 3.75. The van der Waals surface area contributed by atoms with Gasteiger partial charge in [-0.2, -0.15) is 0 Å². The molecule has 0 aliphatic heterocycles. The van der Waals surface area contributed by atoms with Crippen LogP contribution >= 0.6 is 22.7 Å². The van der Waals surface area contributed by atoms with Gasteiger partial charge in [-0.1, -0.05) is 42.5 Å². The monoisotopic (exact) mass is 397 g/mol. The Morgan fingerprint density at radius 2 is 1.74 bits per heavy atom. The number of amides is 1. The molecule has 6 heteroatoms. The SMILES string of the molecule is O=C(COC(=O)/C(=C/c1cccs1)c1cccs1)NCCc1ccccc1. The molecule has 3 rings (SSSR count). The van der Waals surface area contributed by atoms with Crippen molar-refractivity contribution in [1.82, 2.24) is 5.32 Å². The third-order valence-corrected chi connectivity index (χ3v) is 5.47. The summed E-state index contributed by atoms with van der Waals surface area (Å²) in [7, 11) is 0. The molecule has 2 aromatic heterocycles. The maximum atomic E-state index is 12.5. The van der Waals surface area contributed by atoms with Gasteiger partial charge < -0.3 is 10.1 Å². The summed E-state index contributed by atoms with van der Waals surface area (Å²) in [5.41, 5.74) is 1.61. The molecule has 0 bridgehead atoms. The molecule has 0 fully saturated rings. The number of hydrogen-bond donors (Lipinski definition) is 1. The van der Waals surface area contributed by atoms with Crippen molar-refractivity contribution in [2.24, 2.45) is 0 Å². The molecule has 0 unspecified atom stereocenters. The first-order valence-electron chi connectivity index (χ1n) is 8.49. The normalized spacial score (nSPS) is 11.2. The fourth-order valence-corrected chi connectivity index (χ4v) is 3.82. The van der Waals surface area contributed by atoms with Gasteiger partial charge in [0, 0.05) is 16.3 Å². The van der Waals surface area contributed by atoms with Gasteiger partial charge in [0.25, 0.3) is 5.91 Å². The quantitative estimate of drug-likeness (QED) is 0.457. The first kappa shape index (κ1) is 19.1. The van der Waals surface area contributed by atoms with Crippen molar-refractivity contribution in [2.45, 2.75) is 6.42 Å². The molecule has 0 atom stereocenters. The Labute approximate surface area is 166 Å². The molecule has 4 nitrogen and oxygen atoms in total. The van der Waals surface area contributed by atoms with Gasteiger partial charge in [-0.25, -0.2) is 4.79 Å². The van der Waals surface area contributed by atoms with Crippen molar-refractivity contribution in [3.05, 3.63) is 80.7 Å². The number of rotatable bonds is 8. The lowest BCUT2D eigenvalue weighted by Gasteiger charge is -2.08. The second kappa shape index (κ2) is 9.85.